The van der Waals surface area contributed by atoms with Crippen molar-refractivity contribution < 1.29 is 4.79 Å². The molecule has 140 valence electrons. The minimum absolute atomic E-state index is 0.235. The first kappa shape index (κ1) is 18.4. The van der Waals surface area contributed by atoms with Crippen LogP contribution in [0.15, 0.2) is 24.8 Å². The number of rotatable bonds is 7. The largest absolute Gasteiger partial charge is 0.372 e. The molecule has 7 heteroatoms. The van der Waals surface area contributed by atoms with Crippen molar-refractivity contribution in [2.24, 2.45) is 5.92 Å². The van der Waals surface area contributed by atoms with E-state index in [1.54, 1.807) is 18.6 Å². The molecule has 0 saturated carbocycles. The number of imidazole rings is 1. The second-order valence-electron chi connectivity index (χ2n) is 6.79. The molecule has 26 heavy (non-hydrogen) atoms. The number of aryl methyl sites for hydroxylation is 2. The van der Waals surface area contributed by atoms with E-state index in [1.165, 1.54) is 0 Å². The van der Waals surface area contributed by atoms with Gasteiger partial charge in [0.2, 0.25) is 5.91 Å². The van der Waals surface area contributed by atoms with Crippen LogP contribution in [0.3, 0.4) is 0 Å². The summed E-state index contributed by atoms with van der Waals surface area (Å²) in [5.41, 5.74) is 0.986. The molecule has 7 nitrogen and oxygen atoms in total. The Morgan fingerprint density at radius 2 is 2.12 bits per heavy atom. The van der Waals surface area contributed by atoms with Crippen molar-refractivity contribution in [1.82, 2.24) is 24.4 Å². The van der Waals surface area contributed by atoms with Crippen LogP contribution in [0.2, 0.25) is 0 Å². The highest BCUT2D eigenvalue weighted by Gasteiger charge is 2.24. The molecule has 1 saturated heterocycles. The molecule has 3 rings (SSSR count). The lowest BCUT2D eigenvalue weighted by atomic mass is 9.93. The van der Waals surface area contributed by atoms with Crippen molar-refractivity contribution in [3.8, 4) is 0 Å². The van der Waals surface area contributed by atoms with Gasteiger partial charge in [-0.2, -0.15) is 0 Å². The predicted molar refractivity (Wildman–Crippen MR) is 101 cm³/mol. The summed E-state index contributed by atoms with van der Waals surface area (Å²) in [7, 11) is 1.87. The number of carbonyl (C=O) groups excluding carboxylic acids is 1. The second-order valence-corrected chi connectivity index (χ2v) is 6.79. The lowest BCUT2D eigenvalue weighted by Crippen LogP contribution is -2.41. The van der Waals surface area contributed by atoms with Crippen LogP contribution >= 0.6 is 0 Å². The zero-order valence-corrected chi connectivity index (χ0v) is 15.7. The number of likely N-dealkylation sites (tertiary alicyclic amines) is 1. The Kier molecular flexibility index (Phi) is 6.20. The molecular formula is C19H28N6O. The number of carbonyl (C=O) groups is 1. The summed E-state index contributed by atoms with van der Waals surface area (Å²) < 4.78 is 2.08. The van der Waals surface area contributed by atoms with Crippen LogP contribution in [0.5, 0.6) is 0 Å². The maximum Gasteiger partial charge on any atom is 0.224 e. The van der Waals surface area contributed by atoms with Gasteiger partial charge in [-0.1, -0.05) is 6.92 Å². The number of amides is 1. The van der Waals surface area contributed by atoms with Crippen molar-refractivity contribution >= 4 is 11.7 Å². The van der Waals surface area contributed by atoms with E-state index in [1.807, 2.05) is 18.1 Å². The monoisotopic (exact) mass is 356 g/mol. The summed E-state index contributed by atoms with van der Waals surface area (Å²) in [5.74, 6) is 2.55. The number of anilines is 1. The van der Waals surface area contributed by atoms with E-state index in [-0.39, 0.29) is 5.91 Å². The van der Waals surface area contributed by atoms with Gasteiger partial charge in [0.15, 0.2) is 0 Å². The van der Waals surface area contributed by atoms with E-state index in [0.717, 1.165) is 56.1 Å². The van der Waals surface area contributed by atoms with Gasteiger partial charge in [-0.05, 0) is 25.2 Å². The topological polar surface area (TPSA) is 75.9 Å². The molecule has 2 aromatic rings. The Morgan fingerprint density at radius 1 is 1.27 bits per heavy atom. The van der Waals surface area contributed by atoms with E-state index < -0.39 is 0 Å². The van der Waals surface area contributed by atoms with E-state index in [2.05, 4.69) is 31.8 Å². The van der Waals surface area contributed by atoms with Crippen LogP contribution in [0.1, 0.15) is 37.7 Å². The number of nitrogens with zero attached hydrogens (tertiary/aromatic N) is 5. The lowest BCUT2D eigenvalue weighted by Gasteiger charge is -2.33. The van der Waals surface area contributed by atoms with Crippen molar-refractivity contribution in [3.63, 3.8) is 0 Å². The van der Waals surface area contributed by atoms with Gasteiger partial charge in [0.1, 0.15) is 11.6 Å². The molecule has 1 N–H and O–H groups in total. The maximum atomic E-state index is 12.7. The molecule has 1 fully saturated rings. The summed E-state index contributed by atoms with van der Waals surface area (Å²) in [6, 6.07) is 0. The molecule has 1 aliphatic heterocycles. The molecule has 2 aromatic heterocycles. The van der Waals surface area contributed by atoms with Crippen molar-refractivity contribution in [1.29, 1.82) is 0 Å². The first-order valence-electron chi connectivity index (χ1n) is 9.46. The Bertz CT molecular complexity index is 728. The Morgan fingerprint density at radius 3 is 2.92 bits per heavy atom. The van der Waals surface area contributed by atoms with Crippen LogP contribution in [-0.4, -0.2) is 50.5 Å². The van der Waals surface area contributed by atoms with Crippen molar-refractivity contribution in [2.75, 3.05) is 25.5 Å². The third kappa shape index (κ3) is 4.39. The predicted octanol–water partition coefficient (Wildman–Crippen LogP) is 2.15. The van der Waals surface area contributed by atoms with Crippen LogP contribution in [0, 0.1) is 5.92 Å². The SMILES string of the molecule is CCc1nccn1CCC(=O)N1CCCC(Cc2nccnc2NC)C1. The van der Waals surface area contributed by atoms with Gasteiger partial charge in [0.05, 0.1) is 5.69 Å². The fourth-order valence-electron chi connectivity index (χ4n) is 3.69. The number of hydrogen-bond acceptors (Lipinski definition) is 5. The zero-order chi connectivity index (χ0) is 18.4. The van der Waals surface area contributed by atoms with Gasteiger partial charge in [-0.3, -0.25) is 9.78 Å². The smallest absolute Gasteiger partial charge is 0.224 e. The van der Waals surface area contributed by atoms with Gasteiger partial charge in [-0.25, -0.2) is 9.97 Å². The van der Waals surface area contributed by atoms with Gasteiger partial charge >= 0.3 is 0 Å². The van der Waals surface area contributed by atoms with Crippen LogP contribution in [-0.2, 0) is 24.2 Å². The number of hydrogen-bond donors (Lipinski definition) is 1. The molecule has 1 atom stereocenters. The third-order valence-corrected chi connectivity index (χ3v) is 5.05. The Hall–Kier alpha value is -2.44. The molecule has 0 radical (unpaired) electrons. The summed E-state index contributed by atoms with van der Waals surface area (Å²) in [5, 5.41) is 3.10. The van der Waals surface area contributed by atoms with Crippen LogP contribution in [0.25, 0.3) is 0 Å². The first-order chi connectivity index (χ1) is 12.7. The third-order valence-electron chi connectivity index (χ3n) is 5.05. The number of piperidine rings is 1. The Balaban J connectivity index is 1.55. The zero-order valence-electron chi connectivity index (χ0n) is 15.7. The van der Waals surface area contributed by atoms with E-state index in [4.69, 9.17) is 0 Å². The molecule has 0 aromatic carbocycles. The van der Waals surface area contributed by atoms with Crippen LogP contribution < -0.4 is 5.32 Å². The van der Waals surface area contributed by atoms with Crippen LogP contribution in [0.4, 0.5) is 5.82 Å². The van der Waals surface area contributed by atoms with Gasteiger partial charge in [0.25, 0.3) is 0 Å². The average Bonchev–Trinajstić information content (AvgIpc) is 3.14. The molecule has 1 amide bonds. The average molecular weight is 356 g/mol. The quantitative estimate of drug-likeness (QED) is 0.823. The molecule has 0 spiro atoms. The van der Waals surface area contributed by atoms with E-state index in [0.29, 0.717) is 18.9 Å². The normalized spacial score (nSPS) is 17.3. The molecule has 1 unspecified atom stereocenters. The number of nitrogens with one attached hydrogen (secondary N) is 1. The fraction of sp³-hybridized carbons (Fsp3) is 0.579. The maximum absolute atomic E-state index is 12.7. The van der Waals surface area contributed by atoms with Crippen molar-refractivity contribution in [2.45, 2.75) is 45.6 Å². The summed E-state index contributed by atoms with van der Waals surface area (Å²) in [6.45, 7) is 4.46. The van der Waals surface area contributed by atoms with E-state index >= 15 is 0 Å². The summed E-state index contributed by atoms with van der Waals surface area (Å²) in [6.07, 6.45) is 11.7. The van der Waals surface area contributed by atoms with Crippen molar-refractivity contribution in [3.05, 3.63) is 36.3 Å². The van der Waals surface area contributed by atoms with Gasteiger partial charge in [0, 0.05) is 64.3 Å². The molecular weight excluding hydrogens is 328 g/mol. The summed E-state index contributed by atoms with van der Waals surface area (Å²) in [4.78, 5) is 27.8. The molecule has 1 aliphatic rings. The molecule has 0 aliphatic carbocycles. The fourth-order valence-corrected chi connectivity index (χ4v) is 3.69. The minimum atomic E-state index is 0.235. The standard InChI is InChI=1S/C19H28N6O/c1-3-17-22-9-12-24(17)11-6-18(26)25-10-4-5-15(14-25)13-16-19(20-2)23-8-7-21-16/h7-9,12,15H,3-6,10-11,13-14H2,1-2H3,(H,20,23). The van der Waals surface area contributed by atoms with Gasteiger partial charge < -0.3 is 14.8 Å². The molecule has 3 heterocycles. The minimum Gasteiger partial charge on any atom is -0.372 e. The van der Waals surface area contributed by atoms with E-state index in [9.17, 15) is 4.79 Å². The molecule has 0 bridgehead atoms. The highest BCUT2D eigenvalue weighted by atomic mass is 16.2. The first-order valence-corrected chi connectivity index (χ1v) is 9.46. The second kappa shape index (κ2) is 8.78. The number of aromatic nitrogens is 4. The Labute approximate surface area is 154 Å². The lowest BCUT2D eigenvalue weighted by molar-refractivity contribution is -0.133. The summed E-state index contributed by atoms with van der Waals surface area (Å²) >= 11 is 0. The van der Waals surface area contributed by atoms with Gasteiger partial charge in [-0.15, -0.1) is 0 Å². The highest BCUT2D eigenvalue weighted by Crippen LogP contribution is 2.23. The highest BCUT2D eigenvalue weighted by molar-refractivity contribution is 5.76.